The van der Waals surface area contributed by atoms with Gasteiger partial charge >= 0.3 is 0 Å². The van der Waals surface area contributed by atoms with Crippen LogP contribution in [0, 0.1) is 5.92 Å². The molecule has 0 saturated carbocycles. The summed E-state index contributed by atoms with van der Waals surface area (Å²) in [5, 5.41) is 0. The predicted octanol–water partition coefficient (Wildman–Crippen LogP) is 0.284. The van der Waals surface area contributed by atoms with E-state index in [0.717, 1.165) is 19.6 Å². The number of hydrogen-bond donors (Lipinski definition) is 0. The Hall–Kier alpha value is -1.67. The maximum absolute atomic E-state index is 12.9. The number of hydrogen-bond acceptors (Lipinski definition) is 5. The Kier molecular flexibility index (Phi) is 4.78. The van der Waals surface area contributed by atoms with Crippen molar-refractivity contribution in [3.8, 4) is 0 Å². The van der Waals surface area contributed by atoms with Crippen LogP contribution >= 0.6 is 0 Å². The molecule has 1 saturated heterocycles. The smallest absolute Gasteiger partial charge is 0.257 e. The second kappa shape index (κ2) is 6.68. The standard InChI is InChI=1S/C16H24N4O3S/c1-13(2)12-18-6-8-20(9-7-18)16(21)14-4-3-5-19-10-11-24(22,23)17-15(14)19/h3-5,13H,6-12H2,1-2H3. The fraction of sp³-hybridized carbons (Fsp3) is 0.625. The highest BCUT2D eigenvalue weighted by Crippen LogP contribution is 2.20. The summed E-state index contributed by atoms with van der Waals surface area (Å²) in [7, 11) is -3.48. The van der Waals surface area contributed by atoms with E-state index < -0.39 is 10.0 Å². The third kappa shape index (κ3) is 3.70. The molecule has 0 atom stereocenters. The van der Waals surface area contributed by atoms with Gasteiger partial charge in [0.25, 0.3) is 15.9 Å². The van der Waals surface area contributed by atoms with Crippen LogP contribution < -0.4 is 0 Å². The number of sulfonamides is 1. The van der Waals surface area contributed by atoms with E-state index in [0.29, 0.717) is 31.1 Å². The molecule has 7 nitrogen and oxygen atoms in total. The van der Waals surface area contributed by atoms with E-state index in [-0.39, 0.29) is 17.5 Å². The first-order valence-corrected chi connectivity index (χ1v) is 9.96. The third-order valence-electron chi connectivity index (χ3n) is 4.37. The summed E-state index contributed by atoms with van der Waals surface area (Å²) in [6.07, 6.45) is 5.21. The van der Waals surface area contributed by atoms with Gasteiger partial charge < -0.3 is 9.80 Å². The zero-order valence-electron chi connectivity index (χ0n) is 14.2. The van der Waals surface area contributed by atoms with E-state index in [1.54, 1.807) is 28.2 Å². The lowest BCUT2D eigenvalue weighted by Crippen LogP contribution is -2.51. The van der Waals surface area contributed by atoms with Crippen molar-refractivity contribution in [1.82, 2.24) is 14.7 Å². The maximum Gasteiger partial charge on any atom is 0.257 e. The van der Waals surface area contributed by atoms with E-state index in [1.807, 2.05) is 0 Å². The zero-order chi connectivity index (χ0) is 17.3. The number of allylic oxidation sites excluding steroid dienone is 2. The maximum atomic E-state index is 12.9. The second-order valence-electron chi connectivity index (χ2n) is 6.80. The summed E-state index contributed by atoms with van der Waals surface area (Å²) in [5.74, 6) is 0.715. The molecular formula is C16H24N4O3S. The molecule has 0 aromatic rings. The van der Waals surface area contributed by atoms with E-state index in [4.69, 9.17) is 0 Å². The highest BCUT2D eigenvalue weighted by Gasteiger charge is 2.33. The van der Waals surface area contributed by atoms with Crippen molar-refractivity contribution in [3.05, 3.63) is 23.9 Å². The van der Waals surface area contributed by atoms with Crippen molar-refractivity contribution in [3.63, 3.8) is 0 Å². The normalized spacial score (nSPS) is 23.8. The first-order chi connectivity index (χ1) is 11.4. The Balaban J connectivity index is 1.72. The van der Waals surface area contributed by atoms with Gasteiger partial charge in [0.2, 0.25) is 0 Å². The van der Waals surface area contributed by atoms with Gasteiger partial charge in [-0.3, -0.25) is 9.69 Å². The van der Waals surface area contributed by atoms with Crippen molar-refractivity contribution in [2.75, 3.05) is 45.0 Å². The molecule has 0 aromatic carbocycles. The molecular weight excluding hydrogens is 328 g/mol. The molecule has 8 heteroatoms. The molecule has 3 heterocycles. The highest BCUT2D eigenvalue weighted by atomic mass is 32.2. The number of amidine groups is 1. The lowest BCUT2D eigenvalue weighted by atomic mass is 10.1. The van der Waals surface area contributed by atoms with Gasteiger partial charge in [-0.15, -0.1) is 4.40 Å². The first-order valence-electron chi connectivity index (χ1n) is 8.35. The van der Waals surface area contributed by atoms with E-state index in [1.165, 1.54) is 0 Å². The summed E-state index contributed by atoms with van der Waals surface area (Å²) in [6, 6.07) is 0. The average molecular weight is 352 g/mol. The Morgan fingerprint density at radius 1 is 1.21 bits per heavy atom. The fourth-order valence-corrected chi connectivity index (χ4v) is 4.19. The van der Waals surface area contributed by atoms with Gasteiger partial charge in [-0.1, -0.05) is 13.8 Å². The van der Waals surface area contributed by atoms with Gasteiger partial charge in [-0.2, -0.15) is 0 Å². The van der Waals surface area contributed by atoms with Crippen LogP contribution in [0.5, 0.6) is 0 Å². The van der Waals surface area contributed by atoms with Crippen molar-refractivity contribution in [2.45, 2.75) is 13.8 Å². The Labute approximate surface area is 143 Å². The number of carbonyl (C=O) groups is 1. The van der Waals surface area contributed by atoms with Gasteiger partial charge in [-0.05, 0) is 18.1 Å². The minimum atomic E-state index is -3.48. The predicted molar refractivity (Wildman–Crippen MR) is 93.0 cm³/mol. The molecule has 0 radical (unpaired) electrons. The molecule has 3 aliphatic rings. The lowest BCUT2D eigenvalue weighted by molar-refractivity contribution is -0.128. The summed E-state index contributed by atoms with van der Waals surface area (Å²) >= 11 is 0. The van der Waals surface area contributed by atoms with E-state index in [2.05, 4.69) is 23.1 Å². The van der Waals surface area contributed by atoms with Crippen molar-refractivity contribution in [2.24, 2.45) is 10.3 Å². The SMILES string of the molecule is CC(C)CN1CCN(C(=O)C2=CC=CN3CCS(=O)(=O)N=C23)CC1. The van der Waals surface area contributed by atoms with Gasteiger partial charge in [0.1, 0.15) is 0 Å². The van der Waals surface area contributed by atoms with Crippen LogP contribution in [0.2, 0.25) is 0 Å². The molecule has 0 unspecified atom stereocenters. The van der Waals surface area contributed by atoms with Crippen LogP contribution in [0.3, 0.4) is 0 Å². The molecule has 0 N–H and O–H groups in total. The third-order valence-corrected chi connectivity index (χ3v) is 5.52. The van der Waals surface area contributed by atoms with Crippen molar-refractivity contribution < 1.29 is 13.2 Å². The Morgan fingerprint density at radius 3 is 2.58 bits per heavy atom. The minimum absolute atomic E-state index is 0.0177. The highest BCUT2D eigenvalue weighted by molar-refractivity contribution is 7.90. The van der Waals surface area contributed by atoms with Gasteiger partial charge in [-0.25, -0.2) is 8.42 Å². The monoisotopic (exact) mass is 352 g/mol. The largest absolute Gasteiger partial charge is 0.336 e. The second-order valence-corrected chi connectivity index (χ2v) is 8.56. The van der Waals surface area contributed by atoms with Crippen molar-refractivity contribution >= 4 is 21.8 Å². The van der Waals surface area contributed by atoms with E-state index >= 15 is 0 Å². The molecule has 3 aliphatic heterocycles. The summed E-state index contributed by atoms with van der Waals surface area (Å²) in [6.45, 7) is 8.76. The molecule has 1 fully saturated rings. The number of fused-ring (bicyclic) bond motifs is 1. The number of amides is 1. The van der Waals surface area contributed by atoms with Gasteiger partial charge in [0.15, 0.2) is 5.84 Å². The molecule has 1 amide bonds. The zero-order valence-corrected chi connectivity index (χ0v) is 15.0. The number of carbonyl (C=O) groups excluding carboxylic acids is 1. The minimum Gasteiger partial charge on any atom is -0.336 e. The first kappa shape index (κ1) is 17.2. The Morgan fingerprint density at radius 2 is 1.92 bits per heavy atom. The van der Waals surface area contributed by atoms with E-state index in [9.17, 15) is 13.2 Å². The lowest BCUT2D eigenvalue weighted by Gasteiger charge is -2.37. The van der Waals surface area contributed by atoms with Crippen LogP contribution in [0.4, 0.5) is 0 Å². The molecule has 24 heavy (non-hydrogen) atoms. The fourth-order valence-electron chi connectivity index (χ4n) is 3.20. The summed E-state index contributed by atoms with van der Waals surface area (Å²) in [4.78, 5) is 18.7. The molecule has 0 aromatic heterocycles. The number of nitrogens with zero attached hydrogens (tertiary/aromatic N) is 4. The molecule has 0 spiro atoms. The summed E-state index contributed by atoms with van der Waals surface area (Å²) in [5.41, 5.74) is 0.373. The van der Waals surface area contributed by atoms with Crippen LogP contribution in [-0.4, -0.2) is 79.9 Å². The van der Waals surface area contributed by atoms with Crippen LogP contribution in [0.15, 0.2) is 28.3 Å². The molecule has 0 aliphatic carbocycles. The Bertz CT molecular complexity index is 701. The average Bonchev–Trinajstić information content (AvgIpc) is 2.53. The topological polar surface area (TPSA) is 73.3 Å². The molecule has 0 bridgehead atoms. The number of piperazine rings is 1. The number of rotatable bonds is 3. The molecule has 132 valence electrons. The van der Waals surface area contributed by atoms with Crippen LogP contribution in [0.1, 0.15) is 13.8 Å². The van der Waals surface area contributed by atoms with Crippen LogP contribution in [-0.2, 0) is 14.8 Å². The van der Waals surface area contributed by atoms with Gasteiger partial charge in [0.05, 0.1) is 11.3 Å². The quantitative estimate of drug-likeness (QED) is 0.730. The van der Waals surface area contributed by atoms with Gasteiger partial charge in [0, 0.05) is 45.5 Å². The van der Waals surface area contributed by atoms with Crippen LogP contribution in [0.25, 0.3) is 0 Å². The summed E-state index contributed by atoms with van der Waals surface area (Å²) < 4.78 is 27.4. The van der Waals surface area contributed by atoms with Crippen molar-refractivity contribution in [1.29, 1.82) is 0 Å². The molecule has 3 rings (SSSR count).